The van der Waals surface area contributed by atoms with E-state index in [9.17, 15) is 4.79 Å². The zero-order chi connectivity index (χ0) is 21.4. The van der Waals surface area contributed by atoms with Crippen LogP contribution in [0.4, 0.5) is 0 Å². The van der Waals surface area contributed by atoms with Crippen molar-refractivity contribution in [1.29, 1.82) is 0 Å². The molecule has 156 valence electrons. The van der Waals surface area contributed by atoms with E-state index >= 15 is 0 Å². The van der Waals surface area contributed by atoms with Gasteiger partial charge in [-0.3, -0.25) is 4.79 Å². The lowest BCUT2D eigenvalue weighted by Crippen LogP contribution is -2.31. The first-order valence-electron chi connectivity index (χ1n) is 10.1. The number of hydrogen-bond acceptors (Lipinski definition) is 4. The van der Waals surface area contributed by atoms with Gasteiger partial charge in [-0.05, 0) is 47.6 Å². The van der Waals surface area contributed by atoms with E-state index in [1.807, 2.05) is 59.5 Å². The molecule has 0 bridgehead atoms. The summed E-state index contributed by atoms with van der Waals surface area (Å²) in [6.45, 7) is 1.72. The molecule has 8 heteroatoms. The highest BCUT2D eigenvalue weighted by atomic mass is 127. The van der Waals surface area contributed by atoms with Gasteiger partial charge in [0.2, 0.25) is 5.91 Å². The fourth-order valence-electron chi connectivity index (χ4n) is 3.91. The van der Waals surface area contributed by atoms with E-state index in [0.717, 1.165) is 40.6 Å². The molecular weight excluding hydrogens is 525 g/mol. The van der Waals surface area contributed by atoms with Crippen molar-refractivity contribution in [2.24, 2.45) is 0 Å². The number of halogens is 2. The number of amides is 1. The third kappa shape index (κ3) is 3.92. The van der Waals surface area contributed by atoms with Crippen LogP contribution < -0.4 is 0 Å². The topological polar surface area (TPSA) is 63.9 Å². The Morgan fingerprint density at radius 3 is 2.32 bits per heavy atom. The van der Waals surface area contributed by atoms with E-state index in [4.69, 9.17) is 16.7 Å². The third-order valence-electron chi connectivity index (χ3n) is 5.51. The molecule has 1 amide bonds. The van der Waals surface area contributed by atoms with Gasteiger partial charge < -0.3 is 4.90 Å². The molecule has 6 nitrogen and oxygen atoms in total. The average molecular weight is 544 g/mol. The van der Waals surface area contributed by atoms with Crippen molar-refractivity contribution in [1.82, 2.24) is 24.9 Å². The van der Waals surface area contributed by atoms with E-state index < -0.39 is 0 Å². The highest BCUT2D eigenvalue weighted by Gasteiger charge is 2.24. The number of aromatic nitrogens is 4. The van der Waals surface area contributed by atoms with Crippen LogP contribution in [-0.4, -0.2) is 43.9 Å². The Kier molecular flexibility index (Phi) is 5.62. The van der Waals surface area contributed by atoms with Crippen LogP contribution in [0.1, 0.15) is 12.8 Å². The lowest BCUT2D eigenvalue weighted by molar-refractivity contribution is -0.130. The predicted octanol–water partition coefficient (Wildman–Crippen LogP) is 5.04. The number of benzene rings is 2. The van der Waals surface area contributed by atoms with Crippen LogP contribution >= 0.6 is 34.2 Å². The van der Waals surface area contributed by atoms with E-state index in [1.54, 1.807) is 4.68 Å². The van der Waals surface area contributed by atoms with Gasteiger partial charge in [0.15, 0.2) is 5.65 Å². The molecule has 0 spiro atoms. The summed E-state index contributed by atoms with van der Waals surface area (Å²) in [6.07, 6.45) is 2.09. The van der Waals surface area contributed by atoms with Crippen molar-refractivity contribution in [2.45, 2.75) is 19.4 Å². The second-order valence-corrected chi connectivity index (χ2v) is 9.15. The summed E-state index contributed by atoms with van der Waals surface area (Å²) in [5, 5.41) is 14.8. The van der Waals surface area contributed by atoms with Crippen molar-refractivity contribution < 1.29 is 4.79 Å². The highest BCUT2D eigenvalue weighted by Crippen LogP contribution is 2.37. The molecule has 2 aromatic carbocycles. The second kappa shape index (κ2) is 8.55. The number of likely N-dealkylation sites (tertiary alicyclic amines) is 1. The number of nitrogens with zero attached hydrogens (tertiary/aromatic N) is 5. The Morgan fingerprint density at radius 1 is 0.935 bits per heavy atom. The summed E-state index contributed by atoms with van der Waals surface area (Å²) < 4.78 is 2.77. The average Bonchev–Trinajstić information content (AvgIpc) is 3.44. The van der Waals surface area contributed by atoms with Crippen molar-refractivity contribution in [3.05, 3.63) is 63.2 Å². The van der Waals surface area contributed by atoms with Crippen LogP contribution in [0.25, 0.3) is 33.5 Å². The number of fused-ring (bicyclic) bond motifs is 1. The second-order valence-electron chi connectivity index (χ2n) is 7.53. The largest absolute Gasteiger partial charge is 0.341 e. The van der Waals surface area contributed by atoms with Crippen LogP contribution in [0.5, 0.6) is 0 Å². The first kappa shape index (κ1) is 20.4. The van der Waals surface area contributed by atoms with Crippen LogP contribution in [0.15, 0.2) is 54.6 Å². The molecule has 4 aromatic rings. The van der Waals surface area contributed by atoms with E-state index in [0.29, 0.717) is 27.4 Å². The summed E-state index contributed by atoms with van der Waals surface area (Å²) in [6, 6.07) is 17.8. The maximum Gasteiger partial charge on any atom is 0.244 e. The fraction of sp³-hybridized carbons (Fsp3) is 0.217. The Bertz CT molecular complexity index is 1250. The molecular formula is C23H19ClIN5O. The molecule has 0 atom stereocenters. The molecule has 1 saturated heterocycles. The SMILES string of the molecule is O=C(Cn1nc(-c2ccc(I)cc2)c2c(Cl)c(-c3ccccc3)nnc21)N1CCCC1. The number of hydrogen-bond donors (Lipinski definition) is 0. The maximum atomic E-state index is 12.8. The smallest absolute Gasteiger partial charge is 0.244 e. The molecule has 0 radical (unpaired) electrons. The number of carbonyl (C=O) groups excluding carboxylic acids is 1. The van der Waals surface area contributed by atoms with Gasteiger partial charge in [0.05, 0.1) is 10.4 Å². The van der Waals surface area contributed by atoms with Crippen LogP contribution in [0.2, 0.25) is 5.02 Å². The van der Waals surface area contributed by atoms with E-state index in [-0.39, 0.29) is 12.5 Å². The van der Waals surface area contributed by atoms with Crippen molar-refractivity contribution in [3.63, 3.8) is 0 Å². The molecule has 1 aliphatic rings. The normalized spacial score (nSPS) is 13.8. The van der Waals surface area contributed by atoms with Gasteiger partial charge in [-0.2, -0.15) is 5.10 Å². The summed E-state index contributed by atoms with van der Waals surface area (Å²) in [5.74, 6) is 0.0427. The van der Waals surface area contributed by atoms with Crippen molar-refractivity contribution in [2.75, 3.05) is 13.1 Å². The molecule has 0 saturated carbocycles. The molecule has 0 unspecified atom stereocenters. The highest BCUT2D eigenvalue weighted by molar-refractivity contribution is 14.1. The van der Waals surface area contributed by atoms with Gasteiger partial charge in [-0.15, -0.1) is 10.2 Å². The Labute approximate surface area is 198 Å². The van der Waals surface area contributed by atoms with Crippen molar-refractivity contribution in [3.8, 4) is 22.5 Å². The standard InChI is InChI=1S/C23H19ClIN5O/c24-20-19-21(16-8-10-17(25)11-9-16)28-30(14-18(31)29-12-4-5-13-29)23(19)27-26-22(20)15-6-2-1-3-7-15/h1-3,6-11H,4-5,12-14H2. The monoisotopic (exact) mass is 543 g/mol. The van der Waals surface area contributed by atoms with Crippen LogP contribution in [0.3, 0.4) is 0 Å². The van der Waals surface area contributed by atoms with Gasteiger partial charge in [-0.1, -0.05) is 54.1 Å². The Morgan fingerprint density at radius 2 is 1.61 bits per heavy atom. The zero-order valence-corrected chi connectivity index (χ0v) is 19.5. The molecule has 31 heavy (non-hydrogen) atoms. The predicted molar refractivity (Wildman–Crippen MR) is 130 cm³/mol. The van der Waals surface area contributed by atoms with Crippen LogP contribution in [-0.2, 0) is 11.3 Å². The molecule has 5 rings (SSSR count). The summed E-state index contributed by atoms with van der Waals surface area (Å²) in [7, 11) is 0. The van der Waals surface area contributed by atoms with E-state index in [1.165, 1.54) is 0 Å². The minimum absolute atomic E-state index is 0.0427. The summed E-state index contributed by atoms with van der Waals surface area (Å²) >= 11 is 9.16. The summed E-state index contributed by atoms with van der Waals surface area (Å²) in [4.78, 5) is 14.7. The van der Waals surface area contributed by atoms with Gasteiger partial charge in [0.25, 0.3) is 0 Å². The van der Waals surface area contributed by atoms with Gasteiger partial charge in [0, 0.05) is 27.8 Å². The number of rotatable bonds is 4. The van der Waals surface area contributed by atoms with Gasteiger partial charge >= 0.3 is 0 Å². The number of carbonyl (C=O) groups is 1. The first-order valence-corrected chi connectivity index (χ1v) is 11.6. The molecule has 2 aromatic heterocycles. The van der Waals surface area contributed by atoms with Gasteiger partial charge in [-0.25, -0.2) is 4.68 Å². The molecule has 1 fully saturated rings. The minimum Gasteiger partial charge on any atom is -0.341 e. The zero-order valence-electron chi connectivity index (χ0n) is 16.6. The van der Waals surface area contributed by atoms with Crippen LogP contribution in [0, 0.1) is 3.57 Å². The maximum absolute atomic E-state index is 12.8. The third-order valence-corrected chi connectivity index (χ3v) is 6.59. The molecule has 0 aliphatic carbocycles. The molecule has 1 aliphatic heterocycles. The Hall–Kier alpha value is -2.52. The molecule has 3 heterocycles. The van der Waals surface area contributed by atoms with E-state index in [2.05, 4.69) is 32.8 Å². The first-order chi connectivity index (χ1) is 15.1. The summed E-state index contributed by atoms with van der Waals surface area (Å²) in [5.41, 5.74) is 3.64. The Balaban J connectivity index is 1.67. The minimum atomic E-state index is 0.0427. The van der Waals surface area contributed by atoms with Gasteiger partial charge in [0.1, 0.15) is 17.9 Å². The quantitative estimate of drug-likeness (QED) is 0.338. The lowest BCUT2D eigenvalue weighted by Gasteiger charge is -2.15. The molecule has 0 N–H and O–H groups in total. The van der Waals surface area contributed by atoms with Crippen molar-refractivity contribution >= 4 is 51.1 Å². The lowest BCUT2D eigenvalue weighted by atomic mass is 10.1. The fourth-order valence-corrected chi connectivity index (χ4v) is 4.59.